The van der Waals surface area contributed by atoms with E-state index in [1.165, 1.54) is 4.31 Å². The summed E-state index contributed by atoms with van der Waals surface area (Å²) < 4.78 is 36.9. The number of hydrogen-bond donors (Lipinski definition) is 1. The zero-order valence-corrected chi connectivity index (χ0v) is 11.7. The van der Waals surface area contributed by atoms with Crippen LogP contribution in [0.1, 0.15) is 12.8 Å². The van der Waals surface area contributed by atoms with Crippen molar-refractivity contribution in [2.45, 2.75) is 24.2 Å². The van der Waals surface area contributed by atoms with Gasteiger partial charge in [0.05, 0.1) is 11.9 Å². The Morgan fingerprint density at radius 2 is 1.94 bits per heavy atom. The molecular weight excluding hydrogens is 276 g/mol. The first kappa shape index (κ1) is 14.1. The summed E-state index contributed by atoms with van der Waals surface area (Å²) in [6.07, 6.45) is 0.637. The van der Waals surface area contributed by atoms with Gasteiger partial charge in [0.1, 0.15) is 11.1 Å². The lowest BCUT2D eigenvalue weighted by Gasteiger charge is -2.35. The van der Waals surface area contributed by atoms with Gasteiger partial charge in [0.15, 0.2) is 0 Å². The second-order valence-electron chi connectivity index (χ2n) is 4.48. The number of ether oxygens (including phenoxy) is 2. The van der Waals surface area contributed by atoms with E-state index in [4.69, 9.17) is 27.4 Å². The van der Waals surface area contributed by atoms with E-state index in [0.29, 0.717) is 39.2 Å². The first-order chi connectivity index (χ1) is 8.51. The summed E-state index contributed by atoms with van der Waals surface area (Å²) in [5.74, 6) is 0. The summed E-state index contributed by atoms with van der Waals surface area (Å²) in [5, 5.41) is -0.351. The summed E-state index contributed by atoms with van der Waals surface area (Å²) >= 11 is 4.86. The van der Waals surface area contributed by atoms with Crippen molar-refractivity contribution in [1.82, 2.24) is 4.31 Å². The van der Waals surface area contributed by atoms with E-state index >= 15 is 0 Å². The zero-order chi connectivity index (χ0) is 13.2. The number of nitrogens with zero attached hydrogens (tertiary/aromatic N) is 1. The summed E-state index contributed by atoms with van der Waals surface area (Å²) in [4.78, 5) is 0.210. The molecule has 6 nitrogen and oxygen atoms in total. The lowest BCUT2D eigenvalue weighted by Crippen LogP contribution is -2.52. The maximum atomic E-state index is 12.4. The molecule has 0 amide bonds. The highest BCUT2D eigenvalue weighted by atomic mass is 32.2. The molecule has 2 aliphatic heterocycles. The van der Waals surface area contributed by atoms with E-state index in [0.717, 1.165) is 0 Å². The molecular formula is C10H18N2O4S2. The van der Waals surface area contributed by atoms with Gasteiger partial charge in [-0.1, -0.05) is 12.2 Å². The average molecular weight is 294 g/mol. The first-order valence-corrected chi connectivity index (χ1v) is 7.90. The second kappa shape index (κ2) is 5.79. The third kappa shape index (κ3) is 3.00. The quantitative estimate of drug-likeness (QED) is 0.706. The van der Waals surface area contributed by atoms with Crippen molar-refractivity contribution in [1.29, 1.82) is 0 Å². The summed E-state index contributed by atoms with van der Waals surface area (Å²) in [7, 11) is -3.29. The van der Waals surface area contributed by atoms with Gasteiger partial charge in [0, 0.05) is 26.3 Å². The summed E-state index contributed by atoms with van der Waals surface area (Å²) in [5.41, 5.74) is 5.52. The number of morpholine rings is 1. The topological polar surface area (TPSA) is 81.9 Å². The molecule has 0 aromatic carbocycles. The van der Waals surface area contributed by atoms with Crippen LogP contribution in [0.3, 0.4) is 0 Å². The fourth-order valence-electron chi connectivity index (χ4n) is 2.21. The van der Waals surface area contributed by atoms with E-state index in [2.05, 4.69) is 0 Å². The molecule has 1 atom stereocenters. The molecule has 2 saturated heterocycles. The average Bonchev–Trinajstić information content (AvgIpc) is 2.40. The lowest BCUT2D eigenvalue weighted by molar-refractivity contribution is 0.0370. The van der Waals surface area contributed by atoms with Crippen LogP contribution in [0.25, 0.3) is 0 Å². The number of thiocarbonyl (C=S) groups is 1. The number of nitrogens with two attached hydrogens (primary N) is 1. The van der Waals surface area contributed by atoms with Crippen LogP contribution in [0, 0.1) is 0 Å². The van der Waals surface area contributed by atoms with Crippen molar-refractivity contribution in [2.24, 2.45) is 5.73 Å². The van der Waals surface area contributed by atoms with Gasteiger partial charge in [-0.2, -0.15) is 4.31 Å². The Balaban J connectivity index is 2.06. The Morgan fingerprint density at radius 1 is 1.28 bits per heavy atom. The molecule has 104 valence electrons. The number of rotatable bonds is 3. The summed E-state index contributed by atoms with van der Waals surface area (Å²) in [6, 6.07) is 0. The maximum absolute atomic E-state index is 12.4. The number of sulfonamides is 1. The third-order valence-electron chi connectivity index (χ3n) is 3.30. The molecule has 0 bridgehead atoms. The Kier molecular flexibility index (Phi) is 4.54. The Hall–Kier alpha value is -0.280. The zero-order valence-electron chi connectivity index (χ0n) is 10.1. The fraction of sp³-hybridized carbons (Fsp3) is 0.900. The van der Waals surface area contributed by atoms with Crippen molar-refractivity contribution >= 4 is 27.2 Å². The molecule has 0 spiro atoms. The van der Waals surface area contributed by atoms with E-state index in [1.807, 2.05) is 0 Å². The fourth-order valence-corrected chi connectivity index (χ4v) is 4.24. The molecule has 8 heteroatoms. The van der Waals surface area contributed by atoms with Gasteiger partial charge in [-0.25, -0.2) is 8.42 Å². The van der Waals surface area contributed by atoms with E-state index in [1.54, 1.807) is 0 Å². The standard InChI is InChI=1S/C10H18N2O4S2/c11-10(17)9-7-12(3-6-16-9)18(13,14)8-1-4-15-5-2-8/h8-9H,1-7H2,(H2,11,17). The van der Waals surface area contributed by atoms with Gasteiger partial charge >= 0.3 is 0 Å². The van der Waals surface area contributed by atoms with Crippen LogP contribution >= 0.6 is 12.2 Å². The Labute approximate surface area is 112 Å². The van der Waals surface area contributed by atoms with Crippen molar-refractivity contribution in [3.05, 3.63) is 0 Å². The van der Waals surface area contributed by atoms with Gasteiger partial charge in [0.2, 0.25) is 10.0 Å². The molecule has 0 aliphatic carbocycles. The normalized spacial score (nSPS) is 28.1. The van der Waals surface area contributed by atoms with Crippen LogP contribution in [0.2, 0.25) is 0 Å². The highest BCUT2D eigenvalue weighted by molar-refractivity contribution is 7.89. The van der Waals surface area contributed by atoms with E-state index < -0.39 is 16.1 Å². The highest BCUT2D eigenvalue weighted by Gasteiger charge is 2.36. The smallest absolute Gasteiger partial charge is 0.217 e. The Bertz CT molecular complexity index is 406. The predicted octanol–water partition coefficient (Wildman–Crippen LogP) is -0.518. The summed E-state index contributed by atoms with van der Waals surface area (Å²) in [6.45, 7) is 1.96. The molecule has 0 aromatic heterocycles. The number of hydrogen-bond acceptors (Lipinski definition) is 5. The largest absolute Gasteiger partial charge is 0.391 e. The van der Waals surface area contributed by atoms with Crippen LogP contribution in [-0.4, -0.2) is 62.0 Å². The van der Waals surface area contributed by atoms with Crippen molar-refractivity contribution < 1.29 is 17.9 Å². The molecule has 2 rings (SSSR count). The molecule has 2 N–H and O–H groups in total. The van der Waals surface area contributed by atoms with Crippen LogP contribution in [-0.2, 0) is 19.5 Å². The first-order valence-electron chi connectivity index (χ1n) is 5.99. The van der Waals surface area contributed by atoms with Crippen molar-refractivity contribution in [3.63, 3.8) is 0 Å². The molecule has 0 saturated carbocycles. The minimum atomic E-state index is -3.29. The van der Waals surface area contributed by atoms with E-state index in [9.17, 15) is 8.42 Å². The molecule has 18 heavy (non-hydrogen) atoms. The lowest BCUT2D eigenvalue weighted by atomic mass is 10.2. The molecule has 2 heterocycles. The van der Waals surface area contributed by atoms with Gasteiger partial charge in [-0.05, 0) is 12.8 Å². The van der Waals surface area contributed by atoms with Crippen molar-refractivity contribution in [3.8, 4) is 0 Å². The SMILES string of the molecule is NC(=S)C1CN(S(=O)(=O)C2CCOCC2)CCO1. The molecule has 2 fully saturated rings. The van der Waals surface area contributed by atoms with Crippen LogP contribution in [0.15, 0.2) is 0 Å². The van der Waals surface area contributed by atoms with Gasteiger partial charge in [-0.15, -0.1) is 0 Å². The highest BCUT2D eigenvalue weighted by Crippen LogP contribution is 2.21. The molecule has 2 aliphatic rings. The van der Waals surface area contributed by atoms with E-state index in [-0.39, 0.29) is 16.8 Å². The van der Waals surface area contributed by atoms with Gasteiger partial charge in [-0.3, -0.25) is 0 Å². The van der Waals surface area contributed by atoms with Crippen LogP contribution in [0.5, 0.6) is 0 Å². The monoisotopic (exact) mass is 294 g/mol. The minimum absolute atomic E-state index is 0.210. The van der Waals surface area contributed by atoms with Gasteiger partial charge < -0.3 is 15.2 Å². The second-order valence-corrected chi connectivity index (χ2v) is 7.16. The van der Waals surface area contributed by atoms with Crippen LogP contribution in [0.4, 0.5) is 0 Å². The van der Waals surface area contributed by atoms with Gasteiger partial charge in [0.25, 0.3) is 0 Å². The Morgan fingerprint density at radius 3 is 2.56 bits per heavy atom. The predicted molar refractivity (Wildman–Crippen MR) is 70.9 cm³/mol. The molecule has 1 unspecified atom stereocenters. The van der Waals surface area contributed by atoms with Crippen molar-refractivity contribution in [2.75, 3.05) is 32.9 Å². The van der Waals surface area contributed by atoms with Crippen LogP contribution < -0.4 is 5.73 Å². The third-order valence-corrected chi connectivity index (χ3v) is 5.92. The minimum Gasteiger partial charge on any atom is -0.391 e. The maximum Gasteiger partial charge on any atom is 0.217 e. The molecule has 0 radical (unpaired) electrons. The molecule has 0 aromatic rings.